The fraction of sp³-hybridized carbons (Fsp3) is 0.133. The first kappa shape index (κ1) is 13.4. The highest BCUT2D eigenvalue weighted by molar-refractivity contribution is 6.33. The summed E-state index contributed by atoms with van der Waals surface area (Å²) in [6, 6.07) is 14.9. The molecule has 2 rings (SSSR count). The number of carbonyl (C=O) groups excluding carboxylic acids is 1. The number of hydrogen-bond acceptors (Lipinski definition) is 2. The second-order valence-corrected chi connectivity index (χ2v) is 4.55. The van der Waals surface area contributed by atoms with Crippen molar-refractivity contribution in [3.8, 4) is 16.9 Å². The average molecular weight is 276 g/mol. The molecule has 0 aliphatic rings. The van der Waals surface area contributed by atoms with Crippen molar-refractivity contribution in [1.82, 2.24) is 0 Å². The van der Waals surface area contributed by atoms with Crippen LogP contribution in [0.1, 0.15) is 6.92 Å². The molecule has 1 amide bonds. The van der Waals surface area contributed by atoms with Crippen molar-refractivity contribution in [3.05, 3.63) is 53.6 Å². The highest BCUT2D eigenvalue weighted by Gasteiger charge is 2.14. The van der Waals surface area contributed by atoms with Crippen LogP contribution in [0, 0.1) is 0 Å². The molecule has 1 atom stereocenters. The maximum absolute atomic E-state index is 11.1. The van der Waals surface area contributed by atoms with Gasteiger partial charge in [0.1, 0.15) is 5.75 Å². The molecule has 2 aromatic carbocycles. The Labute approximate surface area is 117 Å². The van der Waals surface area contributed by atoms with E-state index >= 15 is 0 Å². The van der Waals surface area contributed by atoms with Crippen LogP contribution in [0.25, 0.3) is 11.1 Å². The minimum atomic E-state index is -0.691. The first-order valence-electron chi connectivity index (χ1n) is 5.89. The van der Waals surface area contributed by atoms with Gasteiger partial charge < -0.3 is 10.5 Å². The summed E-state index contributed by atoms with van der Waals surface area (Å²) in [4.78, 5) is 11.1. The Kier molecular flexibility index (Phi) is 4.07. The molecule has 0 heterocycles. The first-order chi connectivity index (χ1) is 9.09. The van der Waals surface area contributed by atoms with Gasteiger partial charge in [-0.3, -0.25) is 4.79 Å². The number of rotatable bonds is 4. The average Bonchev–Trinajstić information content (AvgIpc) is 2.40. The summed E-state index contributed by atoms with van der Waals surface area (Å²) in [5, 5.41) is 0.630. The number of halogens is 1. The third kappa shape index (κ3) is 3.06. The van der Waals surface area contributed by atoms with E-state index in [9.17, 15) is 4.79 Å². The van der Waals surface area contributed by atoms with E-state index in [2.05, 4.69) is 0 Å². The number of nitrogens with two attached hydrogens (primary N) is 1. The number of amides is 1. The highest BCUT2D eigenvalue weighted by Crippen LogP contribution is 2.34. The monoisotopic (exact) mass is 275 g/mol. The molecule has 0 saturated heterocycles. The third-order valence-electron chi connectivity index (χ3n) is 2.76. The molecule has 0 radical (unpaired) electrons. The van der Waals surface area contributed by atoms with Gasteiger partial charge in [-0.05, 0) is 19.1 Å². The molecule has 19 heavy (non-hydrogen) atoms. The van der Waals surface area contributed by atoms with E-state index in [0.29, 0.717) is 10.8 Å². The van der Waals surface area contributed by atoms with Gasteiger partial charge in [0, 0.05) is 16.1 Å². The van der Waals surface area contributed by atoms with Crippen molar-refractivity contribution in [2.75, 3.05) is 0 Å². The summed E-state index contributed by atoms with van der Waals surface area (Å²) in [7, 11) is 0. The summed E-state index contributed by atoms with van der Waals surface area (Å²) in [5.41, 5.74) is 6.90. The van der Waals surface area contributed by atoms with Gasteiger partial charge in [0.05, 0.1) is 0 Å². The molecule has 98 valence electrons. The lowest BCUT2D eigenvalue weighted by molar-refractivity contribution is -0.123. The fourth-order valence-electron chi connectivity index (χ4n) is 1.72. The molecule has 0 aliphatic heterocycles. The van der Waals surface area contributed by atoms with Gasteiger partial charge in [-0.2, -0.15) is 0 Å². The summed E-state index contributed by atoms with van der Waals surface area (Å²) >= 11 is 6.18. The lowest BCUT2D eigenvalue weighted by atomic mass is 10.0. The smallest absolute Gasteiger partial charge is 0.258 e. The predicted molar refractivity (Wildman–Crippen MR) is 76.2 cm³/mol. The molecule has 3 nitrogen and oxygen atoms in total. The van der Waals surface area contributed by atoms with Crippen molar-refractivity contribution in [2.24, 2.45) is 5.73 Å². The lowest BCUT2D eigenvalue weighted by Crippen LogP contribution is -2.30. The maximum atomic E-state index is 11.1. The fourth-order valence-corrected chi connectivity index (χ4v) is 1.96. The zero-order valence-electron chi connectivity index (χ0n) is 10.5. The largest absolute Gasteiger partial charge is 0.480 e. The van der Waals surface area contributed by atoms with Gasteiger partial charge in [0.25, 0.3) is 5.91 Å². The van der Waals surface area contributed by atoms with Crippen LogP contribution in [0.2, 0.25) is 5.02 Å². The van der Waals surface area contributed by atoms with Crippen LogP contribution in [0.3, 0.4) is 0 Å². The summed E-state index contributed by atoms with van der Waals surface area (Å²) in [5.74, 6) is 0.0795. The van der Waals surface area contributed by atoms with Gasteiger partial charge in [-0.25, -0.2) is 0 Å². The van der Waals surface area contributed by atoms with E-state index in [0.717, 1.165) is 11.1 Å². The van der Waals surface area contributed by atoms with Gasteiger partial charge in [0.2, 0.25) is 0 Å². The molecule has 0 saturated carbocycles. The molecular weight excluding hydrogens is 262 g/mol. The van der Waals surface area contributed by atoms with Crippen molar-refractivity contribution < 1.29 is 9.53 Å². The van der Waals surface area contributed by atoms with Crippen LogP contribution >= 0.6 is 11.6 Å². The van der Waals surface area contributed by atoms with E-state index in [1.807, 2.05) is 42.5 Å². The molecule has 1 unspecified atom stereocenters. The molecule has 0 aliphatic carbocycles. The molecule has 0 aromatic heterocycles. The van der Waals surface area contributed by atoms with Crippen LogP contribution in [0.5, 0.6) is 5.75 Å². The predicted octanol–water partition coefficient (Wildman–Crippen LogP) is 3.26. The number of hydrogen-bond donors (Lipinski definition) is 1. The highest BCUT2D eigenvalue weighted by atomic mass is 35.5. The molecular formula is C15H14ClNO2. The molecule has 0 spiro atoms. The van der Waals surface area contributed by atoms with Crippen LogP contribution in [0.15, 0.2) is 48.5 Å². The number of primary amides is 1. The van der Waals surface area contributed by atoms with Crippen LogP contribution in [0.4, 0.5) is 0 Å². The number of carbonyl (C=O) groups is 1. The Balaban J connectivity index is 2.42. The number of ether oxygens (including phenoxy) is 1. The molecule has 2 N–H and O–H groups in total. The summed E-state index contributed by atoms with van der Waals surface area (Å²) in [6.45, 7) is 1.62. The Morgan fingerprint density at radius 2 is 1.68 bits per heavy atom. The topological polar surface area (TPSA) is 52.3 Å². The van der Waals surface area contributed by atoms with Gasteiger partial charge in [-0.15, -0.1) is 0 Å². The quantitative estimate of drug-likeness (QED) is 0.931. The summed E-state index contributed by atoms with van der Waals surface area (Å²) in [6.07, 6.45) is -0.691. The molecule has 0 fully saturated rings. The van der Waals surface area contributed by atoms with Crippen molar-refractivity contribution >= 4 is 17.5 Å². The van der Waals surface area contributed by atoms with Crippen LogP contribution in [-0.4, -0.2) is 12.0 Å². The minimum absolute atomic E-state index is 0.506. The normalized spacial score (nSPS) is 11.9. The molecule has 2 aromatic rings. The van der Waals surface area contributed by atoms with E-state index in [1.165, 1.54) is 0 Å². The second-order valence-electron chi connectivity index (χ2n) is 4.14. The SMILES string of the molecule is CC(Oc1ccccc1-c1ccccc1Cl)C(N)=O. The number of benzene rings is 2. The standard InChI is InChI=1S/C15H14ClNO2/c1-10(15(17)18)19-14-9-5-3-7-12(14)11-6-2-4-8-13(11)16/h2-10H,1H3,(H2,17,18). The van der Waals surface area contributed by atoms with Crippen LogP contribution < -0.4 is 10.5 Å². The minimum Gasteiger partial charge on any atom is -0.480 e. The van der Waals surface area contributed by atoms with Gasteiger partial charge in [0.15, 0.2) is 6.10 Å². The van der Waals surface area contributed by atoms with Crippen LogP contribution in [-0.2, 0) is 4.79 Å². The Hall–Kier alpha value is -2.00. The molecule has 0 bridgehead atoms. The Morgan fingerprint density at radius 1 is 1.11 bits per heavy atom. The van der Waals surface area contributed by atoms with E-state index in [1.54, 1.807) is 13.0 Å². The second kappa shape index (κ2) is 5.76. The zero-order chi connectivity index (χ0) is 13.8. The summed E-state index contributed by atoms with van der Waals surface area (Å²) < 4.78 is 5.58. The van der Waals surface area contributed by atoms with Crippen molar-refractivity contribution in [3.63, 3.8) is 0 Å². The Bertz CT molecular complexity index is 598. The Morgan fingerprint density at radius 3 is 2.32 bits per heavy atom. The van der Waals surface area contributed by atoms with E-state index in [4.69, 9.17) is 22.1 Å². The van der Waals surface area contributed by atoms with Crippen molar-refractivity contribution in [2.45, 2.75) is 13.0 Å². The zero-order valence-corrected chi connectivity index (χ0v) is 11.2. The number of para-hydroxylation sites is 1. The third-order valence-corrected chi connectivity index (χ3v) is 3.09. The maximum Gasteiger partial charge on any atom is 0.258 e. The van der Waals surface area contributed by atoms with E-state index < -0.39 is 12.0 Å². The van der Waals surface area contributed by atoms with Gasteiger partial charge in [-0.1, -0.05) is 48.0 Å². The molecule has 4 heteroatoms. The van der Waals surface area contributed by atoms with Crippen molar-refractivity contribution in [1.29, 1.82) is 0 Å². The van der Waals surface area contributed by atoms with Gasteiger partial charge >= 0.3 is 0 Å². The van der Waals surface area contributed by atoms with E-state index in [-0.39, 0.29) is 0 Å². The first-order valence-corrected chi connectivity index (χ1v) is 6.27. The lowest BCUT2D eigenvalue weighted by Gasteiger charge is -2.15.